The van der Waals surface area contributed by atoms with Crippen molar-refractivity contribution in [3.05, 3.63) is 12.7 Å². The number of carbonyl (C=O) groups is 5. The Morgan fingerprint density at radius 1 is 0.981 bits per heavy atom. The van der Waals surface area contributed by atoms with Gasteiger partial charge in [-0.25, -0.2) is 10.2 Å². The summed E-state index contributed by atoms with van der Waals surface area (Å²) in [4.78, 5) is 63.0. The number of likely N-dealkylation sites (tertiary alicyclic amines) is 1. The Balaban J connectivity index is -0.00000109. The predicted octanol–water partition coefficient (Wildman–Crippen LogP) is 6.80. The normalized spacial score (nSPS) is 17.0. The van der Waals surface area contributed by atoms with Crippen molar-refractivity contribution in [2.24, 2.45) is 22.6 Å². The van der Waals surface area contributed by atoms with Crippen LogP contribution in [0.15, 0.2) is 12.7 Å². The van der Waals surface area contributed by atoms with Crippen LogP contribution < -0.4 is 27.2 Å². The molecule has 308 valence electrons. The van der Waals surface area contributed by atoms with Gasteiger partial charge in [0.2, 0.25) is 11.7 Å². The maximum Gasteiger partial charge on any atom is 0.315 e. The fraction of sp³-hybridized carbons (Fsp3) is 0.780. The highest BCUT2D eigenvalue weighted by molar-refractivity contribution is 8.00. The Bertz CT molecular complexity index is 1120. The van der Waals surface area contributed by atoms with Gasteiger partial charge >= 0.3 is 6.03 Å². The number of thioether (sulfide) groups is 1. The van der Waals surface area contributed by atoms with Crippen molar-refractivity contribution in [2.45, 2.75) is 171 Å². The molecule has 0 bridgehead atoms. The minimum Gasteiger partial charge on any atom is -0.346 e. The molecule has 0 aromatic rings. The molecule has 0 aliphatic carbocycles. The van der Waals surface area contributed by atoms with E-state index in [2.05, 4.69) is 88.8 Å². The molecule has 0 spiro atoms. The van der Waals surface area contributed by atoms with Crippen LogP contribution >= 0.6 is 11.8 Å². The third-order valence-electron chi connectivity index (χ3n) is 8.31. The van der Waals surface area contributed by atoms with Gasteiger partial charge in [0.15, 0.2) is 0 Å². The molecule has 1 fully saturated rings. The number of amides is 4. The molecular weight excluding hydrogens is 689 g/mol. The molecule has 11 nitrogen and oxygen atoms in total. The summed E-state index contributed by atoms with van der Waals surface area (Å²) in [6.45, 7) is 32.7. The van der Waals surface area contributed by atoms with Gasteiger partial charge in [-0.15, -0.1) is 18.9 Å². The van der Waals surface area contributed by atoms with E-state index in [1.807, 2.05) is 53.3 Å². The van der Waals surface area contributed by atoms with E-state index < -0.39 is 35.2 Å². The first-order valence-corrected chi connectivity index (χ1v) is 20.3. The maximum absolute atomic E-state index is 13.6. The highest BCUT2D eigenvalue weighted by Gasteiger charge is 2.46. The van der Waals surface area contributed by atoms with Crippen molar-refractivity contribution in [2.75, 3.05) is 18.8 Å². The molecule has 0 radical (unpaired) electrons. The second kappa shape index (κ2) is 28.5. The van der Waals surface area contributed by atoms with Crippen molar-refractivity contribution in [3.63, 3.8) is 0 Å². The number of nitrogens with one attached hydrogen (secondary N) is 4. The zero-order chi connectivity index (χ0) is 42.0. The minimum absolute atomic E-state index is 0.0475. The number of ketones is 1. The molecule has 1 rings (SSSR count). The number of nitrogens with two attached hydrogens (primary N) is 1. The van der Waals surface area contributed by atoms with Crippen LogP contribution in [-0.2, 0) is 19.2 Å². The van der Waals surface area contributed by atoms with E-state index in [0.29, 0.717) is 13.0 Å². The summed E-state index contributed by atoms with van der Waals surface area (Å²) in [6.07, 6.45) is 13.4. The van der Waals surface area contributed by atoms with E-state index in [9.17, 15) is 24.0 Å². The van der Waals surface area contributed by atoms with Crippen LogP contribution in [0.2, 0.25) is 0 Å². The SMILES string of the molecule is C#CC.C=CCNC(=O)C(=O)C(CCC)NN.CC.CCCCCC(CSC(C)(C)C)NC(=O)NC(C(=O)N1CC[C@H](C(C)(C)C)C1C=O)C(C)(C)C. The Kier molecular flexibility index (Phi) is 29.3. The fourth-order valence-electron chi connectivity index (χ4n) is 5.54. The molecule has 0 aromatic carbocycles. The zero-order valence-electron chi connectivity index (χ0n) is 35.9. The lowest BCUT2D eigenvalue weighted by atomic mass is 9.76. The van der Waals surface area contributed by atoms with E-state index in [4.69, 9.17) is 5.84 Å². The van der Waals surface area contributed by atoms with Crippen molar-refractivity contribution in [1.82, 2.24) is 26.3 Å². The summed E-state index contributed by atoms with van der Waals surface area (Å²) in [5, 5.41) is 8.53. The lowest BCUT2D eigenvalue weighted by molar-refractivity contribution is -0.139. The first kappa shape index (κ1) is 54.5. The number of hydrazine groups is 1. The summed E-state index contributed by atoms with van der Waals surface area (Å²) in [6, 6.07) is -2.01. The highest BCUT2D eigenvalue weighted by Crippen LogP contribution is 2.38. The molecule has 1 aliphatic rings. The van der Waals surface area contributed by atoms with E-state index in [-0.39, 0.29) is 40.6 Å². The van der Waals surface area contributed by atoms with Crippen molar-refractivity contribution in [3.8, 4) is 12.3 Å². The highest BCUT2D eigenvalue weighted by atomic mass is 32.2. The molecule has 12 heteroatoms. The summed E-state index contributed by atoms with van der Waals surface area (Å²) in [7, 11) is 0. The van der Waals surface area contributed by atoms with Gasteiger partial charge in [0, 0.05) is 29.6 Å². The van der Waals surface area contributed by atoms with Crippen LogP contribution in [0.4, 0.5) is 4.79 Å². The molecule has 1 heterocycles. The van der Waals surface area contributed by atoms with Crippen LogP contribution in [0.3, 0.4) is 0 Å². The zero-order valence-corrected chi connectivity index (χ0v) is 36.7. The lowest BCUT2D eigenvalue weighted by Gasteiger charge is -2.37. The quantitative estimate of drug-likeness (QED) is 0.0206. The van der Waals surface area contributed by atoms with E-state index in [0.717, 1.165) is 50.6 Å². The van der Waals surface area contributed by atoms with Crippen molar-refractivity contribution < 1.29 is 24.0 Å². The lowest BCUT2D eigenvalue weighted by Crippen LogP contribution is -2.59. The average Bonchev–Trinajstić information content (AvgIpc) is 3.53. The Morgan fingerprint density at radius 2 is 1.55 bits per heavy atom. The molecular formula is C41H78N6O5S. The van der Waals surface area contributed by atoms with E-state index in [1.165, 1.54) is 6.08 Å². The second-order valence-corrected chi connectivity index (χ2v) is 18.0. The summed E-state index contributed by atoms with van der Waals surface area (Å²) in [5.41, 5.74) is 1.77. The molecule has 6 N–H and O–H groups in total. The van der Waals surface area contributed by atoms with Gasteiger partial charge in [-0.05, 0) is 42.9 Å². The van der Waals surface area contributed by atoms with Gasteiger partial charge in [0.1, 0.15) is 12.3 Å². The summed E-state index contributed by atoms with van der Waals surface area (Å²) in [5.74, 6) is 7.03. The topological polar surface area (TPSA) is 163 Å². The number of nitrogens with zero attached hydrogens (tertiary/aromatic N) is 1. The number of urea groups is 1. The number of terminal acetylenes is 1. The van der Waals surface area contributed by atoms with Crippen LogP contribution in [0, 0.1) is 29.1 Å². The molecule has 1 saturated heterocycles. The summed E-state index contributed by atoms with van der Waals surface area (Å²) < 4.78 is 0.119. The molecule has 4 amide bonds. The van der Waals surface area contributed by atoms with Gasteiger partial charge in [-0.2, -0.15) is 11.8 Å². The van der Waals surface area contributed by atoms with Crippen LogP contribution in [0.1, 0.15) is 142 Å². The second-order valence-electron chi connectivity index (χ2n) is 16.1. The Hall–Kier alpha value is -2.88. The first-order chi connectivity index (χ1) is 24.6. The number of rotatable bonds is 17. The molecule has 0 saturated carbocycles. The van der Waals surface area contributed by atoms with Gasteiger partial charge < -0.3 is 25.6 Å². The van der Waals surface area contributed by atoms with Crippen LogP contribution in [0.25, 0.3) is 0 Å². The Morgan fingerprint density at radius 3 is 1.96 bits per heavy atom. The molecule has 0 aromatic heterocycles. The Labute approximate surface area is 328 Å². The van der Waals surface area contributed by atoms with Gasteiger partial charge in [-0.3, -0.25) is 20.2 Å². The number of Topliss-reactive ketones (excluding diaryl/α,β-unsaturated/α-hetero) is 1. The first-order valence-electron chi connectivity index (χ1n) is 19.3. The van der Waals surface area contributed by atoms with Crippen LogP contribution in [-0.4, -0.2) is 82.6 Å². The largest absolute Gasteiger partial charge is 0.346 e. The third kappa shape index (κ3) is 23.5. The number of unbranched alkanes of at least 4 members (excludes halogenated alkanes) is 2. The average molecular weight is 767 g/mol. The molecule has 1 aliphatic heterocycles. The number of hydrogen-bond donors (Lipinski definition) is 5. The number of aldehydes is 1. The standard InChI is InChI=1S/C27H51N3O3S.C9H17N3O2.C3H4.C2H6/c1-11-12-13-14-19(18-34-27(8,9)10)28-24(33)29-22(26(5,6)7)23(32)30-16-15-20(21(30)17-31)25(2,3)4;1-3-5-7(12-10)8(13)9(14)11-6-4-2;1-3-2;1-2/h17,19-22H,11-16,18H2,1-10H3,(H2,28,29,33);4,7,12H,2-3,5-6,10H2,1H3,(H,11,14);1H,2H3;1-2H3/t19?,20-,21?,22?;;;/m0.../s1. The maximum atomic E-state index is 13.6. The van der Waals surface area contributed by atoms with Gasteiger partial charge in [0.25, 0.3) is 5.91 Å². The fourth-order valence-corrected chi connectivity index (χ4v) is 6.49. The third-order valence-corrected chi connectivity index (χ3v) is 9.75. The number of hydrogen-bond acceptors (Lipinski definition) is 8. The predicted molar refractivity (Wildman–Crippen MR) is 224 cm³/mol. The summed E-state index contributed by atoms with van der Waals surface area (Å²) >= 11 is 1.84. The minimum atomic E-state index is -0.708. The number of carbonyl (C=O) groups excluding carboxylic acids is 5. The molecule has 5 atom stereocenters. The van der Waals surface area contributed by atoms with Crippen LogP contribution in [0.5, 0.6) is 0 Å². The monoisotopic (exact) mass is 767 g/mol. The van der Waals surface area contributed by atoms with E-state index >= 15 is 0 Å². The van der Waals surface area contributed by atoms with Crippen molar-refractivity contribution in [1.29, 1.82) is 0 Å². The van der Waals surface area contributed by atoms with Gasteiger partial charge in [-0.1, -0.05) is 122 Å². The van der Waals surface area contributed by atoms with Crippen molar-refractivity contribution >= 4 is 41.7 Å². The molecule has 4 unspecified atom stereocenters. The smallest absolute Gasteiger partial charge is 0.315 e. The molecule has 53 heavy (non-hydrogen) atoms. The van der Waals surface area contributed by atoms with Gasteiger partial charge in [0.05, 0.1) is 12.1 Å². The van der Waals surface area contributed by atoms with E-state index in [1.54, 1.807) is 11.8 Å².